The lowest BCUT2D eigenvalue weighted by Crippen LogP contribution is -2.18. The Labute approximate surface area is 110 Å². The van der Waals surface area contributed by atoms with E-state index in [1.807, 2.05) is 23.9 Å². The van der Waals surface area contributed by atoms with Gasteiger partial charge in [-0.2, -0.15) is 11.8 Å². The number of anilines is 1. The van der Waals surface area contributed by atoms with E-state index in [0.717, 1.165) is 16.5 Å². The van der Waals surface area contributed by atoms with Crippen LogP contribution in [0.25, 0.3) is 11.5 Å². The summed E-state index contributed by atoms with van der Waals surface area (Å²) in [5, 5.41) is 11.9. The maximum atomic E-state index is 5.16. The van der Waals surface area contributed by atoms with Gasteiger partial charge in [0, 0.05) is 28.3 Å². The Kier molecular flexibility index (Phi) is 3.23. The highest BCUT2D eigenvalue weighted by molar-refractivity contribution is 8.00. The fourth-order valence-electron chi connectivity index (χ4n) is 2.16. The van der Waals surface area contributed by atoms with E-state index in [0.29, 0.717) is 11.9 Å². The number of nitrogens with one attached hydrogen (secondary N) is 1. The molecule has 0 radical (unpaired) electrons. The van der Waals surface area contributed by atoms with Crippen molar-refractivity contribution < 1.29 is 4.42 Å². The van der Waals surface area contributed by atoms with Crippen LogP contribution in [0.1, 0.15) is 13.3 Å². The third kappa shape index (κ3) is 2.51. The minimum atomic E-state index is 0.562. The minimum absolute atomic E-state index is 0.562. The maximum Gasteiger partial charge on any atom is 0.247 e. The van der Waals surface area contributed by atoms with Gasteiger partial charge in [0.25, 0.3) is 0 Å². The molecule has 4 nitrogen and oxygen atoms in total. The number of aromatic nitrogens is 2. The molecule has 18 heavy (non-hydrogen) atoms. The molecule has 3 rings (SSSR count). The number of nitrogens with zero attached hydrogens (tertiary/aromatic N) is 2. The van der Waals surface area contributed by atoms with Crippen LogP contribution in [0, 0.1) is 0 Å². The van der Waals surface area contributed by atoms with E-state index in [2.05, 4.69) is 34.6 Å². The van der Waals surface area contributed by atoms with E-state index >= 15 is 0 Å². The lowest BCUT2D eigenvalue weighted by atomic mass is 10.1. The zero-order chi connectivity index (χ0) is 12.4. The first-order valence-electron chi connectivity index (χ1n) is 6.06. The maximum absolute atomic E-state index is 5.16. The molecular formula is C13H15N3OS. The molecule has 0 saturated carbocycles. The zero-order valence-corrected chi connectivity index (χ0v) is 11.0. The third-order valence-corrected chi connectivity index (χ3v) is 4.42. The van der Waals surface area contributed by atoms with Gasteiger partial charge in [0.1, 0.15) is 0 Å². The first kappa shape index (κ1) is 11.6. The fraction of sp³-hybridized carbons (Fsp3) is 0.385. The topological polar surface area (TPSA) is 51.0 Å². The summed E-state index contributed by atoms with van der Waals surface area (Å²) in [6.45, 7) is 2.28. The Bertz CT molecular complexity index is 497. The van der Waals surface area contributed by atoms with Crippen LogP contribution in [0.3, 0.4) is 0 Å². The Morgan fingerprint density at radius 2 is 2.17 bits per heavy atom. The second-order valence-corrected chi connectivity index (χ2v) is 6.01. The molecule has 1 fully saturated rings. The molecule has 2 heterocycles. The fourth-order valence-corrected chi connectivity index (χ4v) is 3.31. The van der Waals surface area contributed by atoms with Crippen molar-refractivity contribution in [2.75, 3.05) is 11.1 Å². The first-order valence-corrected chi connectivity index (χ1v) is 7.11. The van der Waals surface area contributed by atoms with Crippen LogP contribution >= 0.6 is 11.8 Å². The lowest BCUT2D eigenvalue weighted by molar-refractivity contribution is 0.568. The monoisotopic (exact) mass is 261 g/mol. The summed E-state index contributed by atoms with van der Waals surface area (Å²) in [7, 11) is 0. The summed E-state index contributed by atoms with van der Waals surface area (Å²) in [4.78, 5) is 0. The normalized spacial score (nSPS) is 23.2. The average molecular weight is 261 g/mol. The van der Waals surface area contributed by atoms with E-state index in [9.17, 15) is 0 Å². The van der Waals surface area contributed by atoms with Crippen molar-refractivity contribution in [3.8, 4) is 11.5 Å². The standard InChI is InChI=1S/C13H15N3OS/c1-9-6-12(7-18-9)15-11-4-2-10(3-5-11)13-16-14-8-17-13/h2-5,8-9,12,15H,6-7H2,1H3. The molecule has 0 aliphatic carbocycles. The zero-order valence-electron chi connectivity index (χ0n) is 10.2. The Morgan fingerprint density at radius 3 is 2.78 bits per heavy atom. The second kappa shape index (κ2) is 5.02. The molecule has 1 saturated heterocycles. The van der Waals surface area contributed by atoms with Crippen molar-refractivity contribution in [3.05, 3.63) is 30.7 Å². The number of benzene rings is 1. The molecule has 2 atom stereocenters. The van der Waals surface area contributed by atoms with Gasteiger partial charge >= 0.3 is 0 Å². The highest BCUT2D eigenvalue weighted by Gasteiger charge is 2.21. The molecule has 2 unspecified atom stereocenters. The van der Waals surface area contributed by atoms with Gasteiger partial charge < -0.3 is 9.73 Å². The molecule has 1 aromatic carbocycles. The molecule has 0 spiro atoms. The number of rotatable bonds is 3. The van der Waals surface area contributed by atoms with Crippen molar-refractivity contribution in [3.63, 3.8) is 0 Å². The molecule has 2 aromatic rings. The van der Waals surface area contributed by atoms with Crippen molar-refractivity contribution >= 4 is 17.4 Å². The molecule has 1 N–H and O–H groups in total. The van der Waals surface area contributed by atoms with Crippen LogP contribution in [0.2, 0.25) is 0 Å². The summed E-state index contributed by atoms with van der Waals surface area (Å²) in [5.41, 5.74) is 2.10. The number of thioether (sulfide) groups is 1. The van der Waals surface area contributed by atoms with Crippen LogP contribution in [0.5, 0.6) is 0 Å². The van der Waals surface area contributed by atoms with E-state index in [1.54, 1.807) is 0 Å². The molecule has 5 heteroatoms. The highest BCUT2D eigenvalue weighted by Crippen LogP contribution is 2.28. The van der Waals surface area contributed by atoms with Crippen molar-refractivity contribution in [2.45, 2.75) is 24.6 Å². The lowest BCUT2D eigenvalue weighted by Gasteiger charge is -2.13. The Hall–Kier alpha value is -1.49. The summed E-state index contributed by atoms with van der Waals surface area (Å²) in [6, 6.07) is 8.71. The molecular weight excluding hydrogens is 246 g/mol. The second-order valence-electron chi connectivity index (χ2n) is 4.54. The van der Waals surface area contributed by atoms with E-state index in [4.69, 9.17) is 4.42 Å². The summed E-state index contributed by atoms with van der Waals surface area (Å²) in [5.74, 6) is 1.75. The largest absolute Gasteiger partial charge is 0.423 e. The molecule has 0 amide bonds. The Balaban J connectivity index is 1.68. The van der Waals surface area contributed by atoms with Crippen LogP contribution in [0.15, 0.2) is 35.1 Å². The van der Waals surface area contributed by atoms with Crippen LogP contribution in [-0.4, -0.2) is 27.2 Å². The van der Waals surface area contributed by atoms with Crippen LogP contribution in [-0.2, 0) is 0 Å². The van der Waals surface area contributed by atoms with Crippen LogP contribution in [0.4, 0.5) is 5.69 Å². The summed E-state index contributed by atoms with van der Waals surface area (Å²) >= 11 is 2.03. The number of hydrogen-bond donors (Lipinski definition) is 1. The van der Waals surface area contributed by atoms with Gasteiger partial charge in [-0.05, 0) is 30.7 Å². The molecule has 0 bridgehead atoms. The molecule has 1 aromatic heterocycles. The smallest absolute Gasteiger partial charge is 0.247 e. The molecule has 1 aliphatic rings. The van der Waals surface area contributed by atoms with Crippen molar-refractivity contribution in [1.82, 2.24) is 10.2 Å². The highest BCUT2D eigenvalue weighted by atomic mass is 32.2. The predicted molar refractivity (Wildman–Crippen MR) is 73.7 cm³/mol. The predicted octanol–water partition coefficient (Wildman–Crippen LogP) is 3.04. The van der Waals surface area contributed by atoms with E-state index in [1.165, 1.54) is 18.6 Å². The van der Waals surface area contributed by atoms with E-state index < -0.39 is 0 Å². The van der Waals surface area contributed by atoms with Gasteiger partial charge in [0.2, 0.25) is 12.3 Å². The Morgan fingerprint density at radius 1 is 1.33 bits per heavy atom. The third-order valence-electron chi connectivity index (χ3n) is 3.06. The van der Waals surface area contributed by atoms with Gasteiger partial charge in [-0.3, -0.25) is 0 Å². The summed E-state index contributed by atoms with van der Waals surface area (Å²) < 4.78 is 5.16. The quantitative estimate of drug-likeness (QED) is 0.920. The van der Waals surface area contributed by atoms with Crippen molar-refractivity contribution in [2.24, 2.45) is 0 Å². The van der Waals surface area contributed by atoms with Gasteiger partial charge in [0.15, 0.2) is 0 Å². The summed E-state index contributed by atoms with van der Waals surface area (Å²) in [6.07, 6.45) is 2.58. The average Bonchev–Trinajstić information content (AvgIpc) is 3.02. The SMILES string of the molecule is CC1CC(Nc2ccc(-c3nnco3)cc2)CS1. The van der Waals surface area contributed by atoms with Gasteiger partial charge in [-0.25, -0.2) is 0 Å². The van der Waals surface area contributed by atoms with Crippen molar-refractivity contribution in [1.29, 1.82) is 0 Å². The first-order chi connectivity index (χ1) is 8.81. The van der Waals surface area contributed by atoms with Gasteiger partial charge in [-0.1, -0.05) is 6.92 Å². The van der Waals surface area contributed by atoms with E-state index in [-0.39, 0.29) is 0 Å². The van der Waals surface area contributed by atoms with Gasteiger partial charge in [0.05, 0.1) is 0 Å². The molecule has 94 valence electrons. The molecule has 1 aliphatic heterocycles. The minimum Gasteiger partial charge on any atom is -0.423 e. The van der Waals surface area contributed by atoms with Gasteiger partial charge in [-0.15, -0.1) is 10.2 Å². The number of hydrogen-bond acceptors (Lipinski definition) is 5. The van der Waals surface area contributed by atoms with Crippen LogP contribution < -0.4 is 5.32 Å².